The number of aliphatic hydroxyl groups is 1. The molecule has 4 N–H and O–H groups in total. The molecule has 1 fully saturated rings. The topological polar surface area (TPSA) is 101 Å². The zero-order chi connectivity index (χ0) is 19.3. The second-order valence-corrected chi connectivity index (χ2v) is 8.48. The quantitative estimate of drug-likeness (QED) is 0.527. The maximum absolute atomic E-state index is 11.9. The molecular weight excluding hydrogens is 407 g/mol. The normalized spacial score (nSPS) is 15.1. The van der Waals surface area contributed by atoms with Crippen molar-refractivity contribution >= 4 is 62.2 Å². The highest BCUT2D eigenvalue weighted by Crippen LogP contribution is 2.42. The molecule has 27 heavy (non-hydrogen) atoms. The molecule has 1 aromatic carbocycles. The third-order valence-corrected chi connectivity index (χ3v) is 6.57. The Hall–Kier alpha value is -1.93. The Kier molecular flexibility index (Phi) is 4.50. The van der Waals surface area contributed by atoms with Crippen LogP contribution in [-0.2, 0) is 0 Å². The maximum atomic E-state index is 11.9. The summed E-state index contributed by atoms with van der Waals surface area (Å²) < 4.78 is 0. The standard InChI is InChI=1S/C18H16Cl2N4O2S/c1-8(26)15-13(21)12-14(9-2-3-10(19)11(20)6-9)22-17(23-16(12)27-15)24-18(7-25)4-5-18/h2-3,6,25H,4-5,7,21H2,1H3,(H,22,23,24). The Morgan fingerprint density at radius 2 is 2.07 bits per heavy atom. The first-order chi connectivity index (χ1) is 12.8. The molecule has 2 aromatic heterocycles. The first-order valence-electron chi connectivity index (χ1n) is 8.29. The van der Waals surface area contributed by atoms with Gasteiger partial charge in [-0.3, -0.25) is 4.79 Å². The summed E-state index contributed by atoms with van der Waals surface area (Å²) in [5.74, 6) is 0.255. The Bertz CT molecular complexity index is 1080. The zero-order valence-electron chi connectivity index (χ0n) is 14.3. The van der Waals surface area contributed by atoms with Gasteiger partial charge in [0.15, 0.2) is 5.78 Å². The molecule has 0 bridgehead atoms. The number of aliphatic hydroxyl groups excluding tert-OH is 1. The molecular formula is C18H16Cl2N4O2S. The monoisotopic (exact) mass is 422 g/mol. The number of hydrogen-bond donors (Lipinski definition) is 3. The van der Waals surface area contributed by atoms with E-state index in [1.165, 1.54) is 18.3 Å². The number of Topliss-reactive ketones (excluding diaryl/α,β-unsaturated/α-hetero) is 1. The number of nitrogens with zero attached hydrogens (tertiary/aromatic N) is 2. The van der Waals surface area contributed by atoms with Crippen LogP contribution in [-0.4, -0.2) is 33.0 Å². The number of nitrogens with one attached hydrogen (secondary N) is 1. The second-order valence-electron chi connectivity index (χ2n) is 6.67. The largest absolute Gasteiger partial charge is 0.397 e. The van der Waals surface area contributed by atoms with Gasteiger partial charge in [-0.1, -0.05) is 29.3 Å². The molecule has 0 atom stereocenters. The fourth-order valence-corrected chi connectivity index (χ4v) is 4.19. The van der Waals surface area contributed by atoms with Crippen LogP contribution in [0.2, 0.25) is 10.0 Å². The average molecular weight is 423 g/mol. The van der Waals surface area contributed by atoms with E-state index in [1.807, 2.05) is 0 Å². The number of fused-ring (bicyclic) bond motifs is 1. The number of halogens is 2. The first-order valence-corrected chi connectivity index (χ1v) is 9.86. The predicted octanol–water partition coefficient (Wildman–Crippen LogP) is 4.39. The third-order valence-electron chi connectivity index (χ3n) is 4.63. The van der Waals surface area contributed by atoms with Crippen molar-refractivity contribution in [3.63, 3.8) is 0 Å². The van der Waals surface area contributed by atoms with Crippen molar-refractivity contribution in [2.24, 2.45) is 0 Å². The smallest absolute Gasteiger partial charge is 0.225 e. The van der Waals surface area contributed by atoms with E-state index < -0.39 is 0 Å². The number of benzene rings is 1. The van der Waals surface area contributed by atoms with E-state index in [2.05, 4.69) is 15.3 Å². The van der Waals surface area contributed by atoms with E-state index in [0.29, 0.717) is 48.0 Å². The highest BCUT2D eigenvalue weighted by Gasteiger charge is 2.43. The van der Waals surface area contributed by atoms with E-state index in [4.69, 9.17) is 28.9 Å². The molecule has 4 rings (SSSR count). The average Bonchev–Trinajstić information content (AvgIpc) is 3.32. The molecule has 1 saturated carbocycles. The van der Waals surface area contributed by atoms with Crippen LogP contribution in [0.25, 0.3) is 21.5 Å². The van der Waals surface area contributed by atoms with E-state index in [9.17, 15) is 9.90 Å². The van der Waals surface area contributed by atoms with Gasteiger partial charge in [-0.15, -0.1) is 11.3 Å². The van der Waals surface area contributed by atoms with Crippen molar-refractivity contribution in [3.8, 4) is 11.3 Å². The Morgan fingerprint density at radius 1 is 1.33 bits per heavy atom. The number of carbonyl (C=O) groups excluding carboxylic acids is 1. The number of carbonyl (C=O) groups is 1. The second kappa shape index (κ2) is 6.60. The summed E-state index contributed by atoms with van der Waals surface area (Å²) in [4.78, 5) is 22.2. The molecule has 0 aliphatic heterocycles. The van der Waals surface area contributed by atoms with Gasteiger partial charge in [0.05, 0.1) is 43.8 Å². The van der Waals surface area contributed by atoms with Gasteiger partial charge < -0.3 is 16.2 Å². The van der Waals surface area contributed by atoms with Gasteiger partial charge in [0.1, 0.15) is 4.83 Å². The lowest BCUT2D eigenvalue weighted by molar-refractivity contribution is 0.102. The van der Waals surface area contributed by atoms with E-state index >= 15 is 0 Å². The molecule has 2 heterocycles. The van der Waals surface area contributed by atoms with Gasteiger partial charge in [0.2, 0.25) is 5.95 Å². The minimum Gasteiger partial charge on any atom is -0.397 e. The number of anilines is 2. The molecule has 1 aliphatic rings. The summed E-state index contributed by atoms with van der Waals surface area (Å²) in [6.07, 6.45) is 1.69. The van der Waals surface area contributed by atoms with Crippen LogP contribution >= 0.6 is 34.5 Å². The van der Waals surface area contributed by atoms with Gasteiger partial charge in [0.25, 0.3) is 0 Å². The summed E-state index contributed by atoms with van der Waals surface area (Å²) in [5, 5.41) is 14.2. The minimum absolute atomic E-state index is 0.00176. The Balaban J connectivity index is 1.95. The highest BCUT2D eigenvalue weighted by molar-refractivity contribution is 7.21. The first kappa shape index (κ1) is 18.4. The number of ketones is 1. The fourth-order valence-electron chi connectivity index (χ4n) is 2.90. The fraction of sp³-hybridized carbons (Fsp3) is 0.278. The SMILES string of the molecule is CC(=O)c1sc2nc(NC3(CO)CC3)nc(-c3ccc(Cl)c(Cl)c3)c2c1N. The lowest BCUT2D eigenvalue weighted by Crippen LogP contribution is -2.26. The van der Waals surface area contributed by atoms with Crippen molar-refractivity contribution in [1.29, 1.82) is 0 Å². The Labute approximate surface area is 169 Å². The Morgan fingerprint density at radius 3 is 2.67 bits per heavy atom. The van der Waals surface area contributed by atoms with Gasteiger partial charge in [-0.05, 0) is 25.0 Å². The van der Waals surface area contributed by atoms with Crippen LogP contribution in [0.1, 0.15) is 29.4 Å². The molecule has 1 aliphatic carbocycles. The maximum Gasteiger partial charge on any atom is 0.225 e. The minimum atomic E-state index is -0.380. The molecule has 140 valence electrons. The van der Waals surface area contributed by atoms with E-state index in [0.717, 1.165) is 12.8 Å². The third kappa shape index (κ3) is 3.25. The van der Waals surface area contributed by atoms with Crippen molar-refractivity contribution < 1.29 is 9.90 Å². The van der Waals surface area contributed by atoms with Gasteiger partial charge in [-0.2, -0.15) is 0 Å². The number of hydrogen-bond acceptors (Lipinski definition) is 7. The zero-order valence-corrected chi connectivity index (χ0v) is 16.7. The molecule has 0 radical (unpaired) electrons. The molecule has 0 unspecified atom stereocenters. The number of thiophene rings is 1. The number of aromatic nitrogens is 2. The summed E-state index contributed by atoms with van der Waals surface area (Å²) in [7, 11) is 0. The summed E-state index contributed by atoms with van der Waals surface area (Å²) >= 11 is 13.4. The number of rotatable bonds is 5. The summed E-state index contributed by atoms with van der Waals surface area (Å²) in [6.45, 7) is 1.47. The predicted molar refractivity (Wildman–Crippen MR) is 110 cm³/mol. The lowest BCUT2D eigenvalue weighted by Gasteiger charge is -2.15. The summed E-state index contributed by atoms with van der Waals surface area (Å²) in [6, 6.07) is 5.19. The molecule has 9 heteroatoms. The van der Waals surface area contributed by atoms with E-state index in [1.54, 1.807) is 18.2 Å². The van der Waals surface area contributed by atoms with E-state index in [-0.39, 0.29) is 17.9 Å². The van der Waals surface area contributed by atoms with Crippen LogP contribution in [0, 0.1) is 0 Å². The van der Waals surface area contributed by atoms with Crippen molar-refractivity contribution in [2.45, 2.75) is 25.3 Å². The van der Waals surface area contributed by atoms with Crippen LogP contribution in [0.4, 0.5) is 11.6 Å². The van der Waals surface area contributed by atoms with Gasteiger partial charge in [0, 0.05) is 12.5 Å². The number of nitrogens with two attached hydrogens (primary N) is 1. The summed E-state index contributed by atoms with van der Waals surface area (Å²) in [5.41, 5.74) is 7.51. The lowest BCUT2D eigenvalue weighted by atomic mass is 10.1. The van der Waals surface area contributed by atoms with Crippen molar-refractivity contribution in [2.75, 3.05) is 17.7 Å². The molecule has 0 amide bonds. The van der Waals surface area contributed by atoms with Crippen molar-refractivity contribution in [1.82, 2.24) is 9.97 Å². The van der Waals surface area contributed by atoms with Gasteiger partial charge >= 0.3 is 0 Å². The van der Waals surface area contributed by atoms with Crippen LogP contribution in [0.3, 0.4) is 0 Å². The van der Waals surface area contributed by atoms with Crippen molar-refractivity contribution in [3.05, 3.63) is 33.1 Å². The van der Waals surface area contributed by atoms with Crippen LogP contribution < -0.4 is 11.1 Å². The molecule has 3 aromatic rings. The van der Waals surface area contributed by atoms with Crippen LogP contribution in [0.5, 0.6) is 0 Å². The molecule has 6 nitrogen and oxygen atoms in total. The number of nitrogen functional groups attached to an aromatic ring is 1. The molecule has 0 saturated heterocycles. The van der Waals surface area contributed by atoms with Gasteiger partial charge in [-0.25, -0.2) is 9.97 Å². The molecule has 0 spiro atoms. The highest BCUT2D eigenvalue weighted by atomic mass is 35.5. The van der Waals surface area contributed by atoms with Crippen LogP contribution in [0.15, 0.2) is 18.2 Å².